The maximum atomic E-state index is 12.1. The summed E-state index contributed by atoms with van der Waals surface area (Å²) in [5.74, 6) is 1.79. The quantitative estimate of drug-likeness (QED) is 0.758. The van der Waals surface area contributed by atoms with Crippen molar-refractivity contribution in [1.29, 1.82) is 0 Å². The van der Waals surface area contributed by atoms with E-state index in [1.165, 1.54) is 0 Å². The van der Waals surface area contributed by atoms with Crippen LogP contribution >= 0.6 is 24.8 Å². The minimum absolute atomic E-state index is 0. The Balaban J connectivity index is 0.00000243. The van der Waals surface area contributed by atoms with Crippen molar-refractivity contribution >= 4 is 42.2 Å². The number of nitrogens with zero attached hydrogens (tertiary/aromatic N) is 3. The van der Waals surface area contributed by atoms with Gasteiger partial charge in [-0.25, -0.2) is 4.98 Å². The van der Waals surface area contributed by atoms with Gasteiger partial charge in [-0.15, -0.1) is 24.8 Å². The van der Waals surface area contributed by atoms with Gasteiger partial charge in [0.25, 0.3) is 0 Å². The maximum Gasteiger partial charge on any atom is 0.225 e. The number of pyridine rings is 1. The molecule has 156 valence electrons. The Morgan fingerprint density at radius 3 is 2.50 bits per heavy atom. The first kappa shape index (κ1) is 25.9. The number of halogens is 2. The highest BCUT2D eigenvalue weighted by molar-refractivity contribution is 5.91. The number of carbonyl (C=O) groups excluding carboxylic acids is 1. The molecule has 0 atom stereocenters. The number of hydrogen-bond donors (Lipinski definition) is 1. The lowest BCUT2D eigenvalue weighted by Gasteiger charge is -2.35. The van der Waals surface area contributed by atoms with Crippen molar-refractivity contribution in [3.8, 4) is 5.75 Å². The standard InChI is InChI=1S/C19H24N4O2.2ClH.H2O/c1-25-17-6-4-5-16(15-17)21-19(24)8-10-22-11-13-23(14-12-22)18-7-2-3-9-20-18;;;/h2-7,9,15H,8,10-14H2,1H3,(H,21,24);2*1H;1H2. The van der Waals surface area contributed by atoms with E-state index in [0.717, 1.165) is 50.0 Å². The summed E-state index contributed by atoms with van der Waals surface area (Å²) < 4.78 is 5.17. The number of aromatic nitrogens is 1. The lowest BCUT2D eigenvalue weighted by atomic mass is 10.2. The van der Waals surface area contributed by atoms with Crippen LogP contribution in [0.1, 0.15) is 6.42 Å². The summed E-state index contributed by atoms with van der Waals surface area (Å²) in [6.45, 7) is 4.54. The second-order valence-corrected chi connectivity index (χ2v) is 6.05. The molecule has 1 aromatic heterocycles. The zero-order valence-corrected chi connectivity index (χ0v) is 17.5. The number of nitrogens with one attached hydrogen (secondary N) is 1. The van der Waals surface area contributed by atoms with Crippen molar-refractivity contribution in [3.63, 3.8) is 0 Å². The zero-order chi connectivity index (χ0) is 17.5. The molecule has 1 amide bonds. The minimum atomic E-state index is 0. The van der Waals surface area contributed by atoms with Gasteiger partial charge in [0.05, 0.1) is 7.11 Å². The van der Waals surface area contributed by atoms with E-state index < -0.39 is 0 Å². The summed E-state index contributed by atoms with van der Waals surface area (Å²) in [5, 5.41) is 2.92. The van der Waals surface area contributed by atoms with Crippen LogP contribution in [0.3, 0.4) is 0 Å². The molecule has 9 heteroatoms. The van der Waals surface area contributed by atoms with Crippen LogP contribution in [0.4, 0.5) is 11.5 Å². The third-order valence-electron chi connectivity index (χ3n) is 4.35. The summed E-state index contributed by atoms with van der Waals surface area (Å²) in [6, 6.07) is 13.4. The molecular weight excluding hydrogens is 403 g/mol. The number of amides is 1. The highest BCUT2D eigenvalue weighted by Gasteiger charge is 2.18. The molecule has 1 aromatic carbocycles. The molecule has 2 aromatic rings. The van der Waals surface area contributed by atoms with E-state index in [4.69, 9.17) is 4.74 Å². The van der Waals surface area contributed by atoms with Crippen LogP contribution in [0, 0.1) is 0 Å². The molecule has 0 radical (unpaired) electrons. The molecule has 0 spiro atoms. The number of hydrogen-bond acceptors (Lipinski definition) is 5. The van der Waals surface area contributed by atoms with Crippen molar-refractivity contribution in [2.24, 2.45) is 0 Å². The summed E-state index contributed by atoms with van der Waals surface area (Å²) in [6.07, 6.45) is 2.31. The first-order valence-corrected chi connectivity index (χ1v) is 8.57. The SMILES string of the molecule is COc1cccc(NC(=O)CCN2CCN(c3ccccn3)CC2)c1.Cl.Cl.O. The van der Waals surface area contributed by atoms with E-state index in [2.05, 4.69) is 20.1 Å². The number of rotatable bonds is 6. The molecule has 1 saturated heterocycles. The summed E-state index contributed by atoms with van der Waals surface area (Å²) >= 11 is 0. The average molecular weight is 431 g/mol. The van der Waals surface area contributed by atoms with Gasteiger partial charge in [-0.1, -0.05) is 12.1 Å². The summed E-state index contributed by atoms with van der Waals surface area (Å²) in [4.78, 5) is 21.1. The van der Waals surface area contributed by atoms with Gasteiger partial charge < -0.3 is 20.4 Å². The van der Waals surface area contributed by atoms with Gasteiger partial charge >= 0.3 is 0 Å². The Hall–Kier alpha value is -2.06. The van der Waals surface area contributed by atoms with E-state index in [1.807, 2.05) is 48.7 Å². The Kier molecular flexibility index (Phi) is 12.2. The van der Waals surface area contributed by atoms with Gasteiger partial charge in [-0.05, 0) is 24.3 Å². The van der Waals surface area contributed by atoms with Crippen LogP contribution in [0.5, 0.6) is 5.75 Å². The van der Waals surface area contributed by atoms with Crippen LogP contribution in [0.25, 0.3) is 0 Å². The third kappa shape index (κ3) is 7.52. The second-order valence-electron chi connectivity index (χ2n) is 6.05. The fourth-order valence-electron chi connectivity index (χ4n) is 2.93. The Morgan fingerprint density at radius 2 is 1.86 bits per heavy atom. The predicted octanol–water partition coefficient (Wildman–Crippen LogP) is 2.26. The van der Waals surface area contributed by atoms with Crippen molar-refractivity contribution in [2.45, 2.75) is 6.42 Å². The van der Waals surface area contributed by atoms with Gasteiger partial charge in [-0.3, -0.25) is 9.69 Å². The van der Waals surface area contributed by atoms with E-state index in [-0.39, 0.29) is 36.2 Å². The van der Waals surface area contributed by atoms with Gasteiger partial charge in [0.15, 0.2) is 0 Å². The van der Waals surface area contributed by atoms with E-state index >= 15 is 0 Å². The second kappa shape index (κ2) is 13.2. The highest BCUT2D eigenvalue weighted by Crippen LogP contribution is 2.17. The van der Waals surface area contributed by atoms with Crippen molar-refractivity contribution < 1.29 is 15.0 Å². The van der Waals surface area contributed by atoms with Crippen LogP contribution < -0.4 is 15.0 Å². The lowest BCUT2D eigenvalue weighted by molar-refractivity contribution is -0.116. The molecule has 0 aliphatic carbocycles. The van der Waals surface area contributed by atoms with Crippen LogP contribution in [0.15, 0.2) is 48.7 Å². The first-order chi connectivity index (χ1) is 12.2. The van der Waals surface area contributed by atoms with E-state index in [1.54, 1.807) is 7.11 Å². The van der Waals surface area contributed by atoms with Gasteiger partial charge in [-0.2, -0.15) is 0 Å². The molecule has 0 saturated carbocycles. The monoisotopic (exact) mass is 430 g/mol. The number of carbonyl (C=O) groups is 1. The zero-order valence-electron chi connectivity index (χ0n) is 15.8. The van der Waals surface area contributed by atoms with Crippen LogP contribution in [-0.2, 0) is 4.79 Å². The number of methoxy groups -OCH3 is 1. The van der Waals surface area contributed by atoms with Crippen LogP contribution in [-0.4, -0.2) is 61.1 Å². The fourth-order valence-corrected chi connectivity index (χ4v) is 2.93. The van der Waals surface area contributed by atoms with Gasteiger partial charge in [0.1, 0.15) is 11.6 Å². The molecule has 3 rings (SSSR count). The Labute approximate surface area is 178 Å². The normalized spacial score (nSPS) is 13.4. The maximum absolute atomic E-state index is 12.1. The number of anilines is 2. The molecule has 7 nitrogen and oxygen atoms in total. The minimum Gasteiger partial charge on any atom is -0.497 e. The number of ether oxygens (including phenoxy) is 1. The molecular formula is C19H28Cl2N4O3. The van der Waals surface area contributed by atoms with Gasteiger partial charge in [0.2, 0.25) is 5.91 Å². The first-order valence-electron chi connectivity index (χ1n) is 8.57. The number of benzene rings is 1. The lowest BCUT2D eigenvalue weighted by Crippen LogP contribution is -2.47. The highest BCUT2D eigenvalue weighted by atomic mass is 35.5. The molecule has 2 heterocycles. The number of piperazine rings is 1. The van der Waals surface area contributed by atoms with Crippen molar-refractivity contribution in [2.75, 3.05) is 50.1 Å². The Morgan fingerprint density at radius 1 is 1.11 bits per heavy atom. The Bertz CT molecular complexity index is 699. The largest absolute Gasteiger partial charge is 0.497 e. The molecule has 0 unspecified atom stereocenters. The molecule has 28 heavy (non-hydrogen) atoms. The molecule has 3 N–H and O–H groups in total. The molecule has 1 aliphatic rings. The van der Waals surface area contributed by atoms with Crippen LogP contribution in [0.2, 0.25) is 0 Å². The average Bonchev–Trinajstić information content (AvgIpc) is 2.67. The van der Waals surface area contributed by atoms with Crippen molar-refractivity contribution in [3.05, 3.63) is 48.7 Å². The summed E-state index contributed by atoms with van der Waals surface area (Å²) in [5.41, 5.74) is 0.768. The van der Waals surface area contributed by atoms with E-state index in [0.29, 0.717) is 6.42 Å². The topological polar surface area (TPSA) is 89.2 Å². The summed E-state index contributed by atoms with van der Waals surface area (Å²) in [7, 11) is 1.62. The molecule has 1 aliphatic heterocycles. The van der Waals surface area contributed by atoms with Crippen molar-refractivity contribution in [1.82, 2.24) is 9.88 Å². The van der Waals surface area contributed by atoms with Gasteiger partial charge in [0, 0.05) is 57.1 Å². The fraction of sp³-hybridized carbons (Fsp3) is 0.368. The van der Waals surface area contributed by atoms with E-state index in [9.17, 15) is 4.79 Å². The predicted molar refractivity (Wildman–Crippen MR) is 117 cm³/mol. The molecule has 0 bridgehead atoms. The third-order valence-corrected chi connectivity index (χ3v) is 4.35. The molecule has 1 fully saturated rings. The smallest absolute Gasteiger partial charge is 0.225 e.